The topological polar surface area (TPSA) is 59.1 Å². The summed E-state index contributed by atoms with van der Waals surface area (Å²) in [5, 5.41) is 2.09. The van der Waals surface area contributed by atoms with E-state index in [4.69, 9.17) is 9.47 Å². The van der Waals surface area contributed by atoms with Gasteiger partial charge in [0.25, 0.3) is 5.91 Å². The Balaban J connectivity index is 1.42. The van der Waals surface area contributed by atoms with Gasteiger partial charge in [0.2, 0.25) is 5.91 Å². The molecule has 0 N–H and O–H groups in total. The first-order chi connectivity index (χ1) is 18.6. The molecule has 0 unspecified atom stereocenters. The van der Waals surface area contributed by atoms with Crippen LogP contribution in [-0.2, 0) is 17.8 Å². The van der Waals surface area contributed by atoms with Gasteiger partial charge in [0.15, 0.2) is 0 Å². The molecule has 1 aliphatic heterocycles. The van der Waals surface area contributed by atoms with E-state index in [1.807, 2.05) is 53.4 Å². The summed E-state index contributed by atoms with van der Waals surface area (Å²) in [7, 11) is 3.27. The lowest BCUT2D eigenvalue weighted by molar-refractivity contribution is -0.139. The molecule has 0 spiro atoms. The highest BCUT2D eigenvalue weighted by molar-refractivity contribution is 5.97. The van der Waals surface area contributed by atoms with E-state index in [0.717, 1.165) is 34.9 Å². The molecule has 4 aromatic rings. The summed E-state index contributed by atoms with van der Waals surface area (Å²) >= 11 is 0. The maximum atomic E-state index is 13.6. The largest absolute Gasteiger partial charge is 0.497 e. The number of carbonyl (C=O) groups excluding carboxylic acids is 2. The van der Waals surface area contributed by atoms with Crippen molar-refractivity contribution in [3.63, 3.8) is 0 Å². The van der Waals surface area contributed by atoms with E-state index < -0.39 is 0 Å². The molecule has 2 amide bonds. The second kappa shape index (κ2) is 11.4. The molecule has 1 fully saturated rings. The number of ether oxygens (including phenoxy) is 2. The van der Waals surface area contributed by atoms with Crippen molar-refractivity contribution in [3.8, 4) is 11.5 Å². The Labute approximate surface area is 223 Å². The van der Waals surface area contributed by atoms with Crippen LogP contribution in [0.5, 0.6) is 11.5 Å². The molecule has 0 bridgehead atoms. The van der Waals surface area contributed by atoms with Crippen LogP contribution in [0, 0.1) is 0 Å². The van der Waals surface area contributed by atoms with E-state index in [1.54, 1.807) is 43.4 Å². The van der Waals surface area contributed by atoms with Crippen molar-refractivity contribution in [1.82, 2.24) is 9.80 Å². The van der Waals surface area contributed by atoms with E-state index in [0.29, 0.717) is 24.4 Å². The minimum Gasteiger partial charge on any atom is -0.497 e. The van der Waals surface area contributed by atoms with Gasteiger partial charge in [0.05, 0.1) is 20.3 Å². The van der Waals surface area contributed by atoms with Crippen LogP contribution in [0.4, 0.5) is 0 Å². The number of piperazine rings is 1. The number of methoxy groups -OCH3 is 2. The third kappa shape index (κ3) is 5.35. The maximum Gasteiger partial charge on any atom is 0.254 e. The number of hydrogen-bond acceptors (Lipinski definition) is 4. The zero-order chi connectivity index (χ0) is 26.5. The Hall–Kier alpha value is -4.32. The standard InChI is InChI=1S/C32H32N2O4/c1-37-27-17-13-24(14-18-27)32(36)33-21-26(16-12-23-8-4-3-5-9-23)34(31(35)22-33)20-25-15-19-30(38-2)29-11-7-6-10-28(25)29/h3-11,13-15,17-19,26H,12,16,20-22H2,1-2H3/t26-/m0/s1. The number of carbonyl (C=O) groups is 2. The third-order valence-electron chi connectivity index (χ3n) is 7.29. The second-order valence-corrected chi connectivity index (χ2v) is 9.59. The minimum absolute atomic E-state index is 0.0453. The summed E-state index contributed by atoms with van der Waals surface area (Å²) in [6.45, 7) is 1.02. The van der Waals surface area contributed by atoms with Crippen molar-refractivity contribution in [2.24, 2.45) is 0 Å². The fourth-order valence-corrected chi connectivity index (χ4v) is 5.22. The van der Waals surface area contributed by atoms with Crippen LogP contribution < -0.4 is 9.47 Å². The monoisotopic (exact) mass is 508 g/mol. The van der Waals surface area contributed by atoms with Crippen LogP contribution in [0.3, 0.4) is 0 Å². The Morgan fingerprint density at radius 2 is 1.55 bits per heavy atom. The molecule has 6 nitrogen and oxygen atoms in total. The van der Waals surface area contributed by atoms with E-state index in [9.17, 15) is 9.59 Å². The predicted molar refractivity (Wildman–Crippen MR) is 148 cm³/mol. The highest BCUT2D eigenvalue weighted by atomic mass is 16.5. The molecule has 38 heavy (non-hydrogen) atoms. The van der Waals surface area contributed by atoms with Crippen molar-refractivity contribution in [2.45, 2.75) is 25.4 Å². The number of fused-ring (bicyclic) bond motifs is 1. The molecule has 1 atom stereocenters. The summed E-state index contributed by atoms with van der Waals surface area (Å²) in [4.78, 5) is 30.6. The first-order valence-corrected chi connectivity index (χ1v) is 12.9. The van der Waals surface area contributed by atoms with Crippen LogP contribution >= 0.6 is 0 Å². The zero-order valence-corrected chi connectivity index (χ0v) is 21.8. The number of hydrogen-bond donors (Lipinski definition) is 0. The normalized spacial score (nSPS) is 15.5. The van der Waals surface area contributed by atoms with Gasteiger partial charge in [0, 0.05) is 24.0 Å². The molecule has 1 aliphatic rings. The Morgan fingerprint density at radius 1 is 0.842 bits per heavy atom. The molecule has 0 aromatic heterocycles. The lowest BCUT2D eigenvalue weighted by atomic mass is 9.98. The van der Waals surface area contributed by atoms with Gasteiger partial charge in [-0.3, -0.25) is 9.59 Å². The van der Waals surface area contributed by atoms with Gasteiger partial charge >= 0.3 is 0 Å². The minimum atomic E-state index is -0.139. The quantitative estimate of drug-likeness (QED) is 0.322. The van der Waals surface area contributed by atoms with Crippen LogP contribution in [0.15, 0.2) is 91.0 Å². The first kappa shape index (κ1) is 25.3. The molecule has 0 radical (unpaired) electrons. The number of amides is 2. The molecule has 194 valence electrons. The maximum absolute atomic E-state index is 13.6. The van der Waals surface area contributed by atoms with Crippen LogP contribution in [0.2, 0.25) is 0 Å². The molecular weight excluding hydrogens is 476 g/mol. The van der Waals surface area contributed by atoms with E-state index >= 15 is 0 Å². The summed E-state index contributed by atoms with van der Waals surface area (Å²) in [5.41, 5.74) is 2.83. The number of nitrogens with zero attached hydrogens (tertiary/aromatic N) is 2. The lowest BCUT2D eigenvalue weighted by Gasteiger charge is -2.41. The molecular formula is C32H32N2O4. The average Bonchev–Trinajstić information content (AvgIpc) is 2.97. The van der Waals surface area contributed by atoms with Crippen molar-refractivity contribution in [2.75, 3.05) is 27.3 Å². The van der Waals surface area contributed by atoms with Gasteiger partial charge in [-0.05, 0) is 59.7 Å². The van der Waals surface area contributed by atoms with Crippen molar-refractivity contribution in [3.05, 3.63) is 108 Å². The first-order valence-electron chi connectivity index (χ1n) is 12.9. The summed E-state index contributed by atoms with van der Waals surface area (Å²) < 4.78 is 10.8. The van der Waals surface area contributed by atoms with Gasteiger partial charge in [-0.15, -0.1) is 0 Å². The summed E-state index contributed by atoms with van der Waals surface area (Å²) in [6, 6.07) is 29.3. The average molecular weight is 509 g/mol. The molecule has 1 heterocycles. The molecule has 0 saturated carbocycles. The fraction of sp³-hybridized carbons (Fsp3) is 0.250. The van der Waals surface area contributed by atoms with Crippen LogP contribution in [0.1, 0.15) is 27.9 Å². The Kier molecular flexibility index (Phi) is 7.59. The fourth-order valence-electron chi connectivity index (χ4n) is 5.22. The Morgan fingerprint density at radius 3 is 2.26 bits per heavy atom. The predicted octanol–water partition coefficient (Wildman–Crippen LogP) is 5.34. The molecule has 4 aromatic carbocycles. The zero-order valence-electron chi connectivity index (χ0n) is 21.8. The number of rotatable bonds is 8. The molecule has 0 aliphatic carbocycles. The SMILES string of the molecule is COc1ccc(C(=O)N2CC(=O)N(Cc3ccc(OC)c4ccccc34)[C@@H](CCc3ccccc3)C2)cc1. The van der Waals surface area contributed by atoms with Crippen LogP contribution in [-0.4, -0.2) is 55.0 Å². The molecule has 6 heteroatoms. The second-order valence-electron chi connectivity index (χ2n) is 9.59. The van der Waals surface area contributed by atoms with Crippen molar-refractivity contribution >= 4 is 22.6 Å². The van der Waals surface area contributed by atoms with Gasteiger partial charge in [-0.1, -0.05) is 60.7 Å². The summed E-state index contributed by atoms with van der Waals surface area (Å²) in [5.74, 6) is 1.32. The Bertz CT molecular complexity index is 1420. The van der Waals surface area contributed by atoms with E-state index in [1.165, 1.54) is 5.56 Å². The van der Waals surface area contributed by atoms with Gasteiger partial charge in [-0.25, -0.2) is 0 Å². The third-order valence-corrected chi connectivity index (χ3v) is 7.29. The van der Waals surface area contributed by atoms with Gasteiger partial charge < -0.3 is 19.3 Å². The van der Waals surface area contributed by atoms with E-state index in [2.05, 4.69) is 18.2 Å². The van der Waals surface area contributed by atoms with Gasteiger partial charge in [-0.2, -0.15) is 0 Å². The van der Waals surface area contributed by atoms with Gasteiger partial charge in [0.1, 0.15) is 18.0 Å². The van der Waals surface area contributed by atoms with Crippen LogP contribution in [0.25, 0.3) is 10.8 Å². The molecule has 1 saturated heterocycles. The van der Waals surface area contributed by atoms with Crippen molar-refractivity contribution < 1.29 is 19.1 Å². The van der Waals surface area contributed by atoms with E-state index in [-0.39, 0.29) is 24.4 Å². The smallest absolute Gasteiger partial charge is 0.254 e. The summed E-state index contributed by atoms with van der Waals surface area (Å²) in [6.07, 6.45) is 1.58. The molecule has 5 rings (SSSR count). The number of benzene rings is 4. The highest BCUT2D eigenvalue weighted by Crippen LogP contribution is 2.30. The number of aryl methyl sites for hydroxylation is 1. The highest BCUT2D eigenvalue weighted by Gasteiger charge is 2.35. The lowest BCUT2D eigenvalue weighted by Crippen LogP contribution is -2.57. The van der Waals surface area contributed by atoms with Crippen molar-refractivity contribution in [1.29, 1.82) is 0 Å².